The summed E-state index contributed by atoms with van der Waals surface area (Å²) in [5.41, 5.74) is 8.60. The largest absolute Gasteiger partial charge is 0.399 e. The number of rotatable bonds is 4. The summed E-state index contributed by atoms with van der Waals surface area (Å²) in [6, 6.07) is 17.8. The van der Waals surface area contributed by atoms with Crippen LogP contribution in [-0.4, -0.2) is 21.2 Å². The monoisotopic (exact) mass is 357 g/mol. The van der Waals surface area contributed by atoms with Crippen LogP contribution in [0.25, 0.3) is 0 Å². The van der Waals surface area contributed by atoms with Gasteiger partial charge in [-0.2, -0.15) is 0 Å². The van der Waals surface area contributed by atoms with Crippen LogP contribution in [0.2, 0.25) is 0 Å². The van der Waals surface area contributed by atoms with E-state index in [1.54, 1.807) is 6.20 Å². The first-order valence-corrected chi connectivity index (χ1v) is 8.64. The smallest absolute Gasteiger partial charge is 0.170 e. The van der Waals surface area contributed by atoms with Gasteiger partial charge in [-0.05, 0) is 60.0 Å². The van der Waals surface area contributed by atoms with Crippen LogP contribution in [0.1, 0.15) is 5.56 Å². The third-order valence-corrected chi connectivity index (χ3v) is 3.67. The molecule has 0 fully saturated rings. The summed E-state index contributed by atoms with van der Waals surface area (Å²) in [6.07, 6.45) is 2.61. The van der Waals surface area contributed by atoms with Gasteiger partial charge in [0.1, 0.15) is 0 Å². The van der Waals surface area contributed by atoms with Crippen molar-refractivity contribution in [1.82, 2.24) is 14.9 Å². The van der Waals surface area contributed by atoms with Crippen LogP contribution in [0.15, 0.2) is 66.2 Å². The number of anilines is 2. The number of thiocarbonyl (C=S) groups is 1. The Morgan fingerprint density at radius 3 is 2.42 bits per heavy atom. The Labute approximate surface area is 151 Å². The van der Waals surface area contributed by atoms with Crippen molar-refractivity contribution < 1.29 is 0 Å². The second kappa shape index (κ2) is 10.3. The minimum atomic E-state index is 0.626. The highest BCUT2D eigenvalue weighted by Crippen LogP contribution is 2.10. The molecule has 0 aliphatic heterocycles. The molecule has 3 aromatic rings. The number of nitrogens with zero attached hydrogens (tertiary/aromatic N) is 2. The predicted octanol–water partition coefficient (Wildman–Crippen LogP) is 3.34. The van der Waals surface area contributed by atoms with Gasteiger partial charge in [0, 0.05) is 23.3 Å². The zero-order valence-electron chi connectivity index (χ0n) is 13.1. The van der Waals surface area contributed by atoms with E-state index in [0.29, 0.717) is 5.11 Å². The van der Waals surface area contributed by atoms with Crippen molar-refractivity contribution in [2.45, 2.75) is 6.42 Å². The molecule has 0 aliphatic carbocycles. The van der Waals surface area contributed by atoms with Gasteiger partial charge in [-0.25, -0.2) is 0 Å². The van der Waals surface area contributed by atoms with Crippen LogP contribution in [0, 0.1) is 0 Å². The third-order valence-electron chi connectivity index (χ3n) is 2.99. The summed E-state index contributed by atoms with van der Waals surface area (Å²) in [5, 5.41) is 12.2. The molecule has 5 nitrogen and oxygen atoms in total. The molecule has 0 spiro atoms. The summed E-state index contributed by atoms with van der Waals surface area (Å²) < 4.78 is 3.51. The summed E-state index contributed by atoms with van der Waals surface area (Å²) in [6.45, 7) is 0.810. The first-order valence-electron chi connectivity index (χ1n) is 7.39. The quantitative estimate of drug-likeness (QED) is 0.491. The highest BCUT2D eigenvalue weighted by atomic mass is 32.1. The van der Waals surface area contributed by atoms with Crippen molar-refractivity contribution >= 4 is 40.2 Å². The lowest BCUT2D eigenvalue weighted by Crippen LogP contribution is -2.30. The summed E-state index contributed by atoms with van der Waals surface area (Å²) in [5.74, 6) is 0. The molecule has 3 rings (SSSR count). The molecule has 1 aromatic heterocycles. The first kappa shape index (κ1) is 17.8. The number of aromatic nitrogens is 2. The van der Waals surface area contributed by atoms with Crippen molar-refractivity contribution in [3.8, 4) is 0 Å². The van der Waals surface area contributed by atoms with Crippen molar-refractivity contribution in [1.29, 1.82) is 0 Å². The zero-order chi connectivity index (χ0) is 17.0. The molecule has 2 aromatic carbocycles. The molecule has 4 N–H and O–H groups in total. The second-order valence-corrected chi connectivity index (χ2v) is 5.88. The van der Waals surface area contributed by atoms with Crippen LogP contribution in [0.5, 0.6) is 0 Å². The Bertz CT molecular complexity index is 682. The van der Waals surface area contributed by atoms with E-state index in [1.165, 1.54) is 17.1 Å². The van der Waals surface area contributed by atoms with E-state index in [-0.39, 0.29) is 0 Å². The summed E-state index contributed by atoms with van der Waals surface area (Å²) in [4.78, 5) is 0. The fraction of sp³-hybridized carbons (Fsp3) is 0.118. The lowest BCUT2D eigenvalue weighted by atomic mass is 10.1. The molecule has 24 heavy (non-hydrogen) atoms. The first-order chi connectivity index (χ1) is 11.7. The summed E-state index contributed by atoms with van der Waals surface area (Å²) >= 11 is 6.58. The minimum absolute atomic E-state index is 0.626. The number of nitrogen functional groups attached to an aromatic ring is 1. The topological polar surface area (TPSA) is 75.9 Å². The van der Waals surface area contributed by atoms with Gasteiger partial charge in [-0.1, -0.05) is 34.8 Å². The molecular weight excluding hydrogens is 338 g/mol. The number of hydrogen-bond acceptors (Lipinski definition) is 5. The SMILES string of the molecule is Nc1ccc(NC(=S)NCCc2ccccc2)cc1.c1csnn1. The molecule has 0 amide bonds. The van der Waals surface area contributed by atoms with Crippen molar-refractivity contribution in [3.63, 3.8) is 0 Å². The van der Waals surface area contributed by atoms with Crippen LogP contribution in [-0.2, 0) is 6.42 Å². The fourth-order valence-corrected chi connectivity index (χ4v) is 2.33. The van der Waals surface area contributed by atoms with Gasteiger partial charge >= 0.3 is 0 Å². The molecular formula is C17H19N5S2. The van der Waals surface area contributed by atoms with Crippen LogP contribution >= 0.6 is 23.8 Å². The van der Waals surface area contributed by atoms with Crippen LogP contribution in [0.4, 0.5) is 11.4 Å². The predicted molar refractivity (Wildman–Crippen MR) is 105 cm³/mol. The Morgan fingerprint density at radius 1 is 1.08 bits per heavy atom. The normalized spacial score (nSPS) is 9.50. The van der Waals surface area contributed by atoms with Crippen molar-refractivity contribution in [2.24, 2.45) is 0 Å². The van der Waals surface area contributed by atoms with E-state index in [1.807, 2.05) is 47.8 Å². The van der Waals surface area contributed by atoms with Crippen molar-refractivity contribution in [3.05, 3.63) is 71.7 Å². The van der Waals surface area contributed by atoms with Crippen LogP contribution in [0.3, 0.4) is 0 Å². The Balaban J connectivity index is 0.000000355. The van der Waals surface area contributed by atoms with E-state index in [2.05, 4.69) is 32.4 Å². The van der Waals surface area contributed by atoms with E-state index in [4.69, 9.17) is 18.0 Å². The summed E-state index contributed by atoms with van der Waals surface area (Å²) in [7, 11) is 0. The highest BCUT2D eigenvalue weighted by molar-refractivity contribution is 7.80. The maximum absolute atomic E-state index is 5.63. The highest BCUT2D eigenvalue weighted by Gasteiger charge is 1.97. The Morgan fingerprint density at radius 2 is 1.83 bits per heavy atom. The van der Waals surface area contributed by atoms with Gasteiger partial charge in [-0.3, -0.25) is 0 Å². The lowest BCUT2D eigenvalue weighted by Gasteiger charge is -2.10. The van der Waals surface area contributed by atoms with Gasteiger partial charge in [0.05, 0.1) is 6.20 Å². The standard InChI is InChI=1S/C15H17N3S.C2H2N2S/c16-13-6-8-14(9-7-13)18-15(19)17-11-10-12-4-2-1-3-5-12;1-2-5-4-3-1/h1-9H,10-11,16H2,(H2,17,18,19);1-2H. The molecule has 0 saturated heterocycles. The number of hydrogen-bond donors (Lipinski definition) is 3. The number of nitrogens with two attached hydrogens (primary N) is 1. The van der Waals surface area contributed by atoms with E-state index in [9.17, 15) is 0 Å². The second-order valence-electron chi connectivity index (χ2n) is 4.83. The number of nitrogens with one attached hydrogen (secondary N) is 2. The zero-order valence-corrected chi connectivity index (χ0v) is 14.7. The Kier molecular flexibility index (Phi) is 7.66. The lowest BCUT2D eigenvalue weighted by molar-refractivity contribution is 0.873. The molecule has 0 saturated carbocycles. The van der Waals surface area contributed by atoms with Gasteiger partial charge in [0.25, 0.3) is 0 Å². The fourth-order valence-electron chi connectivity index (χ4n) is 1.84. The molecule has 0 aliphatic rings. The molecule has 1 heterocycles. The molecule has 0 radical (unpaired) electrons. The molecule has 7 heteroatoms. The molecule has 0 unspecified atom stereocenters. The molecule has 0 bridgehead atoms. The van der Waals surface area contributed by atoms with Gasteiger partial charge < -0.3 is 16.4 Å². The van der Waals surface area contributed by atoms with Gasteiger partial charge in [0.15, 0.2) is 5.11 Å². The van der Waals surface area contributed by atoms with E-state index < -0.39 is 0 Å². The Hall–Kier alpha value is -2.51. The van der Waals surface area contributed by atoms with Crippen molar-refractivity contribution in [2.75, 3.05) is 17.6 Å². The van der Waals surface area contributed by atoms with Crippen LogP contribution < -0.4 is 16.4 Å². The number of benzene rings is 2. The maximum Gasteiger partial charge on any atom is 0.170 e. The minimum Gasteiger partial charge on any atom is -0.399 e. The van der Waals surface area contributed by atoms with E-state index >= 15 is 0 Å². The average molecular weight is 358 g/mol. The van der Waals surface area contributed by atoms with Gasteiger partial charge in [-0.15, -0.1) is 5.10 Å². The van der Waals surface area contributed by atoms with E-state index in [0.717, 1.165) is 24.3 Å². The third kappa shape index (κ3) is 7.17. The molecule has 124 valence electrons. The maximum atomic E-state index is 5.63. The average Bonchev–Trinajstić information content (AvgIpc) is 3.18. The van der Waals surface area contributed by atoms with Gasteiger partial charge in [0.2, 0.25) is 0 Å². The molecule has 0 atom stereocenters.